The Bertz CT molecular complexity index is 746. The first-order chi connectivity index (χ1) is 11.9. The molecule has 6 nitrogen and oxygen atoms in total. The SMILES string of the molecule is Cc1cc(C)cc(C(=O)N2CCN(c3cc(N(C)C)cnn3)CC2)c1. The van der Waals surface area contributed by atoms with Crippen molar-refractivity contribution in [2.24, 2.45) is 0 Å². The first-order valence-electron chi connectivity index (χ1n) is 8.56. The van der Waals surface area contributed by atoms with E-state index in [-0.39, 0.29) is 5.91 Å². The van der Waals surface area contributed by atoms with Crippen LogP contribution in [0.2, 0.25) is 0 Å². The molecule has 2 heterocycles. The quantitative estimate of drug-likeness (QED) is 0.857. The van der Waals surface area contributed by atoms with Gasteiger partial charge in [-0.3, -0.25) is 4.79 Å². The summed E-state index contributed by atoms with van der Waals surface area (Å²) in [5.41, 5.74) is 4.05. The van der Waals surface area contributed by atoms with Crippen molar-refractivity contribution in [3.63, 3.8) is 0 Å². The minimum atomic E-state index is 0.111. The number of benzene rings is 1. The molecule has 0 spiro atoms. The monoisotopic (exact) mass is 339 g/mol. The fourth-order valence-electron chi connectivity index (χ4n) is 3.16. The van der Waals surface area contributed by atoms with Crippen LogP contribution in [0, 0.1) is 13.8 Å². The van der Waals surface area contributed by atoms with Gasteiger partial charge in [0.2, 0.25) is 0 Å². The molecule has 1 amide bonds. The molecular weight excluding hydrogens is 314 g/mol. The molecule has 0 radical (unpaired) electrons. The van der Waals surface area contributed by atoms with Gasteiger partial charge in [0, 0.05) is 51.9 Å². The molecule has 0 aliphatic carbocycles. The Hall–Kier alpha value is -2.63. The number of anilines is 2. The second kappa shape index (κ2) is 7.09. The Morgan fingerprint density at radius 3 is 2.24 bits per heavy atom. The largest absolute Gasteiger partial charge is 0.376 e. The number of hydrogen-bond donors (Lipinski definition) is 0. The number of amides is 1. The highest BCUT2D eigenvalue weighted by Crippen LogP contribution is 2.19. The fourth-order valence-corrected chi connectivity index (χ4v) is 3.16. The van der Waals surface area contributed by atoms with E-state index in [0.29, 0.717) is 13.1 Å². The zero-order valence-corrected chi connectivity index (χ0v) is 15.4. The summed E-state index contributed by atoms with van der Waals surface area (Å²) in [6.45, 7) is 6.97. The van der Waals surface area contributed by atoms with Crippen LogP contribution in [0.5, 0.6) is 0 Å². The van der Waals surface area contributed by atoms with Crippen LogP contribution in [0.1, 0.15) is 21.5 Å². The Balaban J connectivity index is 1.67. The van der Waals surface area contributed by atoms with Crippen molar-refractivity contribution < 1.29 is 4.79 Å². The van der Waals surface area contributed by atoms with Gasteiger partial charge in [0.15, 0.2) is 5.82 Å². The number of hydrogen-bond acceptors (Lipinski definition) is 5. The molecule has 0 N–H and O–H groups in total. The molecule has 2 aromatic rings. The van der Waals surface area contributed by atoms with Gasteiger partial charge in [0.05, 0.1) is 11.9 Å². The van der Waals surface area contributed by atoms with Crippen molar-refractivity contribution in [2.75, 3.05) is 50.1 Å². The standard InChI is InChI=1S/C19H25N5O/c1-14-9-15(2)11-16(10-14)19(25)24-7-5-23(6-8-24)18-12-17(22(3)4)13-20-21-18/h9-13H,5-8H2,1-4H3. The van der Waals surface area contributed by atoms with E-state index in [1.54, 1.807) is 6.20 Å². The highest BCUT2D eigenvalue weighted by molar-refractivity contribution is 5.94. The highest BCUT2D eigenvalue weighted by Gasteiger charge is 2.23. The molecule has 0 bridgehead atoms. The summed E-state index contributed by atoms with van der Waals surface area (Å²) < 4.78 is 0. The van der Waals surface area contributed by atoms with Gasteiger partial charge in [-0.1, -0.05) is 17.2 Å². The Morgan fingerprint density at radius 2 is 1.64 bits per heavy atom. The first kappa shape index (κ1) is 17.2. The molecule has 0 atom stereocenters. The molecule has 6 heteroatoms. The molecule has 132 valence electrons. The number of aryl methyl sites for hydroxylation is 2. The van der Waals surface area contributed by atoms with E-state index in [9.17, 15) is 4.79 Å². The molecule has 25 heavy (non-hydrogen) atoms. The molecule has 1 saturated heterocycles. The lowest BCUT2D eigenvalue weighted by molar-refractivity contribution is 0.0746. The number of carbonyl (C=O) groups is 1. The molecule has 1 fully saturated rings. The lowest BCUT2D eigenvalue weighted by atomic mass is 10.1. The number of carbonyl (C=O) groups excluding carboxylic acids is 1. The number of piperazine rings is 1. The third kappa shape index (κ3) is 3.90. The van der Waals surface area contributed by atoms with Crippen molar-refractivity contribution in [1.29, 1.82) is 0 Å². The maximum absolute atomic E-state index is 12.8. The summed E-state index contributed by atoms with van der Waals surface area (Å²) >= 11 is 0. The van der Waals surface area contributed by atoms with Crippen molar-refractivity contribution in [2.45, 2.75) is 13.8 Å². The smallest absolute Gasteiger partial charge is 0.253 e. The zero-order chi connectivity index (χ0) is 18.0. The van der Waals surface area contributed by atoms with Gasteiger partial charge in [-0.15, -0.1) is 5.10 Å². The van der Waals surface area contributed by atoms with Crippen LogP contribution < -0.4 is 9.80 Å². The summed E-state index contributed by atoms with van der Waals surface area (Å²) in [6.07, 6.45) is 1.75. The average Bonchev–Trinajstić information content (AvgIpc) is 2.60. The molecule has 3 rings (SSSR count). The summed E-state index contributed by atoms with van der Waals surface area (Å²) in [5, 5.41) is 8.33. The highest BCUT2D eigenvalue weighted by atomic mass is 16.2. The van der Waals surface area contributed by atoms with Gasteiger partial charge in [-0.2, -0.15) is 5.10 Å². The van der Waals surface area contributed by atoms with Crippen LogP contribution in [0.25, 0.3) is 0 Å². The van der Waals surface area contributed by atoms with Gasteiger partial charge < -0.3 is 14.7 Å². The van der Waals surface area contributed by atoms with Gasteiger partial charge in [0.1, 0.15) is 0 Å². The van der Waals surface area contributed by atoms with E-state index < -0.39 is 0 Å². The summed E-state index contributed by atoms with van der Waals surface area (Å²) in [6, 6.07) is 8.06. The van der Waals surface area contributed by atoms with Crippen LogP contribution in [-0.2, 0) is 0 Å². The molecule has 1 aromatic carbocycles. The van der Waals surface area contributed by atoms with Gasteiger partial charge in [-0.25, -0.2) is 0 Å². The Morgan fingerprint density at radius 1 is 1.00 bits per heavy atom. The summed E-state index contributed by atoms with van der Waals surface area (Å²) in [7, 11) is 3.97. The van der Waals surface area contributed by atoms with E-state index >= 15 is 0 Å². The Kier molecular flexibility index (Phi) is 4.88. The van der Waals surface area contributed by atoms with E-state index in [0.717, 1.165) is 41.3 Å². The predicted octanol–water partition coefficient (Wildman–Crippen LogP) is 2.12. The topological polar surface area (TPSA) is 52.6 Å². The average molecular weight is 339 g/mol. The fraction of sp³-hybridized carbons (Fsp3) is 0.421. The zero-order valence-electron chi connectivity index (χ0n) is 15.4. The Labute approximate surface area is 149 Å². The van der Waals surface area contributed by atoms with Crippen molar-refractivity contribution in [3.05, 3.63) is 47.2 Å². The lowest BCUT2D eigenvalue weighted by Gasteiger charge is -2.35. The van der Waals surface area contributed by atoms with Crippen LogP contribution in [0.15, 0.2) is 30.5 Å². The third-order valence-electron chi connectivity index (χ3n) is 4.50. The van der Waals surface area contributed by atoms with E-state index in [4.69, 9.17) is 0 Å². The van der Waals surface area contributed by atoms with Crippen LogP contribution in [-0.4, -0.2) is 61.3 Å². The molecule has 1 aliphatic rings. The maximum atomic E-state index is 12.8. The third-order valence-corrected chi connectivity index (χ3v) is 4.50. The van der Waals surface area contributed by atoms with Crippen LogP contribution in [0.3, 0.4) is 0 Å². The molecule has 1 aliphatic heterocycles. The van der Waals surface area contributed by atoms with Crippen molar-refractivity contribution in [1.82, 2.24) is 15.1 Å². The molecule has 0 saturated carbocycles. The van der Waals surface area contributed by atoms with Crippen LogP contribution >= 0.6 is 0 Å². The van der Waals surface area contributed by atoms with Crippen LogP contribution in [0.4, 0.5) is 11.5 Å². The molecule has 0 unspecified atom stereocenters. The maximum Gasteiger partial charge on any atom is 0.253 e. The predicted molar refractivity (Wildman–Crippen MR) is 100 cm³/mol. The van der Waals surface area contributed by atoms with Gasteiger partial charge in [-0.05, 0) is 26.0 Å². The minimum Gasteiger partial charge on any atom is -0.376 e. The van der Waals surface area contributed by atoms with Crippen molar-refractivity contribution in [3.8, 4) is 0 Å². The number of nitrogens with zero attached hydrogens (tertiary/aromatic N) is 5. The van der Waals surface area contributed by atoms with E-state index in [1.807, 2.05) is 55.9 Å². The normalized spacial score (nSPS) is 14.6. The minimum absolute atomic E-state index is 0.111. The second-order valence-electron chi connectivity index (χ2n) is 6.82. The summed E-state index contributed by atoms with van der Waals surface area (Å²) in [5.74, 6) is 0.976. The second-order valence-corrected chi connectivity index (χ2v) is 6.82. The number of rotatable bonds is 3. The van der Waals surface area contributed by atoms with E-state index in [2.05, 4.69) is 21.2 Å². The van der Waals surface area contributed by atoms with Gasteiger partial charge >= 0.3 is 0 Å². The molecular formula is C19H25N5O. The van der Waals surface area contributed by atoms with Crippen molar-refractivity contribution >= 4 is 17.4 Å². The molecule has 1 aromatic heterocycles. The lowest BCUT2D eigenvalue weighted by Crippen LogP contribution is -2.49. The summed E-state index contributed by atoms with van der Waals surface area (Å²) in [4.78, 5) is 18.9. The first-order valence-corrected chi connectivity index (χ1v) is 8.56. The number of aromatic nitrogens is 2. The van der Waals surface area contributed by atoms with Gasteiger partial charge in [0.25, 0.3) is 5.91 Å². The van der Waals surface area contributed by atoms with E-state index in [1.165, 1.54) is 0 Å².